The first-order chi connectivity index (χ1) is 18.2. The fourth-order valence-corrected chi connectivity index (χ4v) is 3.73. The minimum absolute atomic E-state index is 0.125. The Hall–Kier alpha value is -4.62. The van der Waals surface area contributed by atoms with Crippen molar-refractivity contribution in [3.8, 4) is 17.5 Å². The lowest BCUT2D eigenvalue weighted by Gasteiger charge is -2.14. The summed E-state index contributed by atoms with van der Waals surface area (Å²) in [5.74, 6) is -0.168. The standard InChI is InChI=1S/C28H23F3N4O3/c1-2-13-38-23-11-9-19(10-12-23)26(36)20-6-4-7-21(15-20)33-27(37)24-16-25(28(29,30)31)34-35(24)22-8-3-5-18(14-22)17-32/h3-12,14-16,26,36H,2,13H2,1H3,(H,33,37). The number of amides is 1. The average molecular weight is 521 g/mol. The molecule has 0 aliphatic heterocycles. The van der Waals surface area contributed by atoms with E-state index in [4.69, 9.17) is 10.00 Å². The van der Waals surface area contributed by atoms with Gasteiger partial charge >= 0.3 is 6.18 Å². The molecule has 1 unspecified atom stereocenters. The number of carbonyl (C=O) groups is 1. The van der Waals surface area contributed by atoms with E-state index < -0.39 is 23.9 Å². The minimum atomic E-state index is -4.78. The maximum Gasteiger partial charge on any atom is 0.435 e. The second-order valence-electron chi connectivity index (χ2n) is 8.39. The van der Waals surface area contributed by atoms with Crippen LogP contribution in [0.3, 0.4) is 0 Å². The molecule has 38 heavy (non-hydrogen) atoms. The number of alkyl halides is 3. The van der Waals surface area contributed by atoms with E-state index in [1.165, 1.54) is 30.3 Å². The van der Waals surface area contributed by atoms with Crippen molar-refractivity contribution in [2.24, 2.45) is 0 Å². The molecular formula is C28H23F3N4O3. The van der Waals surface area contributed by atoms with Crippen LogP contribution in [0.4, 0.5) is 18.9 Å². The lowest BCUT2D eigenvalue weighted by molar-refractivity contribution is -0.141. The quantitative estimate of drug-likeness (QED) is 0.302. The Morgan fingerprint density at radius 1 is 1.08 bits per heavy atom. The van der Waals surface area contributed by atoms with Crippen LogP contribution in [0.1, 0.15) is 52.3 Å². The van der Waals surface area contributed by atoms with Gasteiger partial charge in [0, 0.05) is 11.8 Å². The molecule has 0 fully saturated rings. The Balaban J connectivity index is 1.59. The normalized spacial score (nSPS) is 12.0. The molecule has 0 spiro atoms. The van der Waals surface area contributed by atoms with Crippen molar-refractivity contribution < 1.29 is 27.8 Å². The van der Waals surface area contributed by atoms with E-state index >= 15 is 0 Å². The van der Waals surface area contributed by atoms with Gasteiger partial charge < -0.3 is 15.2 Å². The molecule has 7 nitrogen and oxygen atoms in total. The number of hydrogen-bond acceptors (Lipinski definition) is 5. The predicted molar refractivity (Wildman–Crippen MR) is 134 cm³/mol. The molecule has 0 bridgehead atoms. The van der Waals surface area contributed by atoms with Gasteiger partial charge in [-0.15, -0.1) is 0 Å². The number of hydrogen-bond donors (Lipinski definition) is 2. The lowest BCUT2D eigenvalue weighted by Crippen LogP contribution is -2.17. The molecule has 0 saturated carbocycles. The smallest absolute Gasteiger partial charge is 0.435 e. The fraction of sp³-hybridized carbons (Fsp3) is 0.179. The van der Waals surface area contributed by atoms with Gasteiger partial charge in [0.05, 0.1) is 23.9 Å². The third kappa shape index (κ3) is 6.02. The van der Waals surface area contributed by atoms with Gasteiger partial charge in [0.2, 0.25) is 0 Å². The van der Waals surface area contributed by atoms with Crippen LogP contribution in [0.2, 0.25) is 0 Å². The highest BCUT2D eigenvalue weighted by atomic mass is 19.4. The molecular weight excluding hydrogens is 497 g/mol. The monoisotopic (exact) mass is 520 g/mol. The highest BCUT2D eigenvalue weighted by Gasteiger charge is 2.36. The van der Waals surface area contributed by atoms with Gasteiger partial charge in [-0.05, 0) is 60.0 Å². The molecule has 1 heterocycles. The topological polar surface area (TPSA) is 100 Å². The van der Waals surface area contributed by atoms with Crippen LogP contribution in [-0.2, 0) is 6.18 Å². The summed E-state index contributed by atoms with van der Waals surface area (Å²) >= 11 is 0. The van der Waals surface area contributed by atoms with E-state index in [1.54, 1.807) is 42.5 Å². The largest absolute Gasteiger partial charge is 0.494 e. The second-order valence-corrected chi connectivity index (χ2v) is 8.39. The van der Waals surface area contributed by atoms with Gasteiger partial charge in [0.25, 0.3) is 5.91 Å². The third-order valence-electron chi connectivity index (χ3n) is 5.58. The Morgan fingerprint density at radius 2 is 1.82 bits per heavy atom. The van der Waals surface area contributed by atoms with Crippen molar-refractivity contribution in [2.45, 2.75) is 25.6 Å². The Kier molecular flexibility index (Phi) is 7.79. The van der Waals surface area contributed by atoms with Crippen LogP contribution < -0.4 is 10.1 Å². The van der Waals surface area contributed by atoms with Crippen LogP contribution in [0.25, 0.3) is 5.69 Å². The van der Waals surface area contributed by atoms with Crippen LogP contribution >= 0.6 is 0 Å². The highest BCUT2D eigenvalue weighted by molar-refractivity contribution is 6.03. The van der Waals surface area contributed by atoms with Crippen molar-refractivity contribution in [1.82, 2.24) is 9.78 Å². The first-order valence-corrected chi connectivity index (χ1v) is 11.7. The number of aliphatic hydroxyl groups excluding tert-OH is 1. The van der Waals surface area contributed by atoms with Crippen LogP contribution in [-0.4, -0.2) is 27.4 Å². The molecule has 1 aromatic heterocycles. The van der Waals surface area contributed by atoms with E-state index in [0.29, 0.717) is 29.5 Å². The second kappa shape index (κ2) is 11.2. The summed E-state index contributed by atoms with van der Waals surface area (Å²) in [4.78, 5) is 13.1. The van der Waals surface area contributed by atoms with Crippen LogP contribution in [0, 0.1) is 11.3 Å². The molecule has 4 aromatic rings. The molecule has 0 aliphatic rings. The molecule has 1 atom stereocenters. The summed E-state index contributed by atoms with van der Waals surface area (Å²) < 4.78 is 46.7. The zero-order valence-corrected chi connectivity index (χ0v) is 20.2. The van der Waals surface area contributed by atoms with Gasteiger partial charge in [0.15, 0.2) is 5.69 Å². The number of benzene rings is 3. The van der Waals surface area contributed by atoms with Crippen LogP contribution in [0.15, 0.2) is 78.9 Å². The van der Waals surface area contributed by atoms with E-state index in [9.17, 15) is 23.1 Å². The number of ether oxygens (including phenoxy) is 1. The van der Waals surface area contributed by atoms with Gasteiger partial charge in [-0.3, -0.25) is 4.79 Å². The number of nitrogens with zero attached hydrogens (tertiary/aromatic N) is 3. The summed E-state index contributed by atoms with van der Waals surface area (Å²) in [5, 5.41) is 26.2. The maximum absolute atomic E-state index is 13.4. The SMILES string of the molecule is CCCOc1ccc(C(O)c2cccc(NC(=O)c3cc(C(F)(F)F)nn3-c3cccc(C#N)c3)c2)cc1. The van der Waals surface area contributed by atoms with Crippen molar-refractivity contribution in [3.05, 3.63) is 107 Å². The van der Waals surface area contributed by atoms with Gasteiger partial charge in [-0.1, -0.05) is 37.3 Å². The Labute approximate surface area is 216 Å². The first kappa shape index (κ1) is 26.4. The zero-order chi connectivity index (χ0) is 27.3. The van der Waals surface area contributed by atoms with Gasteiger partial charge in [-0.2, -0.15) is 23.5 Å². The number of nitrogens with one attached hydrogen (secondary N) is 1. The van der Waals surface area contributed by atoms with Gasteiger partial charge in [0.1, 0.15) is 17.5 Å². The average Bonchev–Trinajstić information content (AvgIpc) is 3.39. The van der Waals surface area contributed by atoms with Crippen molar-refractivity contribution >= 4 is 11.6 Å². The van der Waals surface area contributed by atoms with Crippen LogP contribution in [0.5, 0.6) is 5.75 Å². The van der Waals surface area contributed by atoms with Crippen molar-refractivity contribution in [1.29, 1.82) is 5.26 Å². The molecule has 0 radical (unpaired) electrons. The van der Waals surface area contributed by atoms with E-state index in [2.05, 4.69) is 10.4 Å². The Morgan fingerprint density at radius 3 is 2.50 bits per heavy atom. The minimum Gasteiger partial charge on any atom is -0.494 e. The van der Waals surface area contributed by atoms with E-state index in [-0.39, 0.29) is 22.6 Å². The number of anilines is 1. The molecule has 0 aliphatic carbocycles. The number of aromatic nitrogens is 2. The van der Waals surface area contributed by atoms with Crippen molar-refractivity contribution in [3.63, 3.8) is 0 Å². The summed E-state index contributed by atoms with van der Waals surface area (Å²) in [5.41, 5.74) is 0.0340. The summed E-state index contributed by atoms with van der Waals surface area (Å²) in [7, 11) is 0. The molecule has 0 saturated heterocycles. The third-order valence-corrected chi connectivity index (χ3v) is 5.58. The first-order valence-electron chi connectivity index (χ1n) is 11.7. The molecule has 1 amide bonds. The summed E-state index contributed by atoms with van der Waals surface area (Å²) in [6.07, 6.45) is -4.93. The number of rotatable bonds is 8. The van der Waals surface area contributed by atoms with Crippen molar-refractivity contribution in [2.75, 3.05) is 11.9 Å². The fourth-order valence-electron chi connectivity index (χ4n) is 3.73. The number of nitriles is 1. The predicted octanol–water partition coefficient (Wildman–Crippen LogP) is 5.89. The zero-order valence-electron chi connectivity index (χ0n) is 20.2. The highest BCUT2D eigenvalue weighted by Crippen LogP contribution is 2.30. The summed E-state index contributed by atoms with van der Waals surface area (Å²) in [6.45, 7) is 2.58. The lowest BCUT2D eigenvalue weighted by atomic mass is 10.0. The molecule has 10 heteroatoms. The molecule has 3 aromatic carbocycles. The number of aliphatic hydroxyl groups is 1. The Bertz CT molecular complexity index is 1470. The van der Waals surface area contributed by atoms with E-state index in [0.717, 1.165) is 11.1 Å². The van der Waals surface area contributed by atoms with E-state index in [1.807, 2.05) is 13.0 Å². The maximum atomic E-state index is 13.4. The molecule has 4 rings (SSSR count). The molecule has 2 N–H and O–H groups in total. The number of halogens is 3. The van der Waals surface area contributed by atoms with Gasteiger partial charge in [-0.25, -0.2) is 4.68 Å². The number of carbonyl (C=O) groups excluding carboxylic acids is 1. The molecule has 194 valence electrons. The summed E-state index contributed by atoms with van der Waals surface area (Å²) in [6, 6.07) is 21.6.